The van der Waals surface area contributed by atoms with Gasteiger partial charge in [-0.05, 0) is 13.8 Å². The Bertz CT molecular complexity index is 212. The first-order valence-corrected chi connectivity index (χ1v) is 4.45. The maximum atomic E-state index is 4.13. The van der Waals surface area contributed by atoms with Crippen molar-refractivity contribution >= 4 is 12.1 Å². The Morgan fingerprint density at radius 3 is 2.42 bits per heavy atom. The van der Waals surface area contributed by atoms with Gasteiger partial charge < -0.3 is 0 Å². The first-order chi connectivity index (χ1) is 5.70. The summed E-state index contributed by atoms with van der Waals surface area (Å²) in [6, 6.07) is 0. The molecule has 2 heteroatoms. The van der Waals surface area contributed by atoms with Crippen molar-refractivity contribution in [2.24, 2.45) is 15.9 Å². The van der Waals surface area contributed by atoms with Crippen LogP contribution in [0.25, 0.3) is 0 Å². The molecule has 1 atom stereocenters. The van der Waals surface area contributed by atoms with Gasteiger partial charge in [0.1, 0.15) is 6.34 Å². The highest BCUT2D eigenvalue weighted by Crippen LogP contribution is 2.08. The summed E-state index contributed by atoms with van der Waals surface area (Å²) in [5.74, 6) is 0.433. The van der Waals surface area contributed by atoms with Gasteiger partial charge in [-0.3, -0.25) is 0 Å². The van der Waals surface area contributed by atoms with E-state index in [4.69, 9.17) is 0 Å². The zero-order chi connectivity index (χ0) is 9.56. The molecule has 0 spiro atoms. The molecule has 1 unspecified atom stereocenters. The van der Waals surface area contributed by atoms with Gasteiger partial charge in [0.15, 0.2) is 0 Å². The highest BCUT2D eigenvalue weighted by Gasteiger charge is 2.03. The van der Waals surface area contributed by atoms with Crippen LogP contribution in [-0.2, 0) is 0 Å². The van der Waals surface area contributed by atoms with E-state index in [1.165, 1.54) is 0 Å². The van der Waals surface area contributed by atoms with Crippen LogP contribution in [0.2, 0.25) is 0 Å². The first-order valence-electron chi connectivity index (χ1n) is 4.45. The molecule has 0 radical (unpaired) electrons. The predicted molar refractivity (Wildman–Crippen MR) is 55.9 cm³/mol. The molecular weight excluding hydrogens is 148 g/mol. The summed E-state index contributed by atoms with van der Waals surface area (Å²) in [6.07, 6.45) is 3.73. The summed E-state index contributed by atoms with van der Waals surface area (Å²) >= 11 is 0. The highest BCUT2D eigenvalue weighted by molar-refractivity contribution is 5.92. The molecule has 0 saturated carbocycles. The van der Waals surface area contributed by atoms with Crippen molar-refractivity contribution in [1.82, 2.24) is 0 Å². The molecule has 0 saturated heterocycles. The molecule has 2 nitrogen and oxygen atoms in total. The molecule has 1 heterocycles. The van der Waals surface area contributed by atoms with Crippen molar-refractivity contribution in [3.8, 4) is 0 Å². The topological polar surface area (TPSA) is 24.7 Å². The minimum atomic E-state index is 0.433. The average Bonchev–Trinajstić information content (AvgIpc) is 2.19. The molecule has 0 N–H and O–H groups in total. The molecule has 1 aliphatic heterocycles. The summed E-state index contributed by atoms with van der Waals surface area (Å²) in [5, 5.41) is 0. The number of hydrogen-bond acceptors (Lipinski definition) is 2. The van der Waals surface area contributed by atoms with Gasteiger partial charge in [-0.1, -0.05) is 26.8 Å². The van der Waals surface area contributed by atoms with Gasteiger partial charge in [0.05, 0.1) is 0 Å². The normalized spacial score (nSPS) is 21.6. The molecule has 0 aliphatic carbocycles. The van der Waals surface area contributed by atoms with E-state index < -0.39 is 0 Å². The number of rotatable bonds is 0. The van der Waals surface area contributed by atoms with Gasteiger partial charge >= 0.3 is 0 Å². The fourth-order valence-electron chi connectivity index (χ4n) is 0.854. The minimum Gasteiger partial charge on any atom is -0.246 e. The van der Waals surface area contributed by atoms with E-state index >= 15 is 0 Å². The molecule has 0 aromatic carbocycles. The highest BCUT2D eigenvalue weighted by atomic mass is 14.9. The van der Waals surface area contributed by atoms with E-state index in [0.29, 0.717) is 5.92 Å². The van der Waals surface area contributed by atoms with Gasteiger partial charge in [0, 0.05) is 17.3 Å². The summed E-state index contributed by atoms with van der Waals surface area (Å²) in [5.41, 5.74) is 2.17. The maximum absolute atomic E-state index is 4.13. The molecule has 1 rings (SSSR count). The molecule has 0 bridgehead atoms. The zero-order valence-corrected chi connectivity index (χ0v) is 8.63. The Kier molecular flexibility index (Phi) is 5.26. The van der Waals surface area contributed by atoms with E-state index in [1.807, 2.05) is 27.7 Å². The van der Waals surface area contributed by atoms with Gasteiger partial charge in [-0.2, -0.15) is 0 Å². The molecule has 0 amide bonds. The SMILES string of the molecule is CC.CC1=CC(C)C(C)=NC=N1. The lowest BCUT2D eigenvalue weighted by atomic mass is 10.1. The lowest BCUT2D eigenvalue weighted by Gasteiger charge is -2.01. The molecule has 12 heavy (non-hydrogen) atoms. The van der Waals surface area contributed by atoms with Crippen LogP contribution in [0.5, 0.6) is 0 Å². The van der Waals surface area contributed by atoms with E-state index in [0.717, 1.165) is 11.4 Å². The lowest BCUT2D eigenvalue weighted by molar-refractivity contribution is 0.977. The van der Waals surface area contributed by atoms with Crippen LogP contribution in [0.3, 0.4) is 0 Å². The van der Waals surface area contributed by atoms with Gasteiger partial charge in [-0.15, -0.1) is 0 Å². The van der Waals surface area contributed by atoms with Crippen molar-refractivity contribution in [3.63, 3.8) is 0 Å². The standard InChI is InChI=1S/C8H12N2.C2H6/c1-6-4-7(2)9-5-10-8(6)3;1-2/h4-6H,1-3H3;1-2H3. The number of nitrogens with zero attached hydrogens (tertiary/aromatic N) is 2. The Morgan fingerprint density at radius 2 is 1.83 bits per heavy atom. The Hall–Kier alpha value is -0.920. The minimum absolute atomic E-state index is 0.433. The third kappa shape index (κ3) is 3.46. The quantitative estimate of drug-likeness (QED) is 0.528. The third-order valence-electron chi connectivity index (χ3n) is 1.67. The Morgan fingerprint density at radius 1 is 1.25 bits per heavy atom. The molecule has 0 aromatic rings. The number of aliphatic imine (C=N–C) groups is 2. The van der Waals surface area contributed by atoms with Crippen LogP contribution in [-0.4, -0.2) is 12.1 Å². The summed E-state index contributed by atoms with van der Waals surface area (Å²) in [4.78, 5) is 8.20. The second-order valence-corrected chi connectivity index (χ2v) is 2.61. The molecule has 0 fully saturated rings. The first kappa shape index (κ1) is 11.1. The van der Waals surface area contributed by atoms with Crippen LogP contribution >= 0.6 is 0 Å². The summed E-state index contributed by atoms with van der Waals surface area (Å²) in [6.45, 7) is 10.1. The Labute approximate surface area is 75.1 Å². The Balaban J connectivity index is 0.000000561. The molecule has 0 aromatic heterocycles. The summed E-state index contributed by atoms with van der Waals surface area (Å²) in [7, 11) is 0. The van der Waals surface area contributed by atoms with Crippen LogP contribution in [0.15, 0.2) is 21.8 Å². The monoisotopic (exact) mass is 166 g/mol. The van der Waals surface area contributed by atoms with Crippen LogP contribution in [0.4, 0.5) is 0 Å². The number of allylic oxidation sites excluding steroid dienone is 2. The van der Waals surface area contributed by atoms with Crippen molar-refractivity contribution in [2.75, 3.05) is 0 Å². The van der Waals surface area contributed by atoms with E-state index in [1.54, 1.807) is 6.34 Å². The van der Waals surface area contributed by atoms with Crippen LogP contribution in [0.1, 0.15) is 34.6 Å². The van der Waals surface area contributed by atoms with Gasteiger partial charge in [-0.25, -0.2) is 9.98 Å². The lowest BCUT2D eigenvalue weighted by Crippen LogP contribution is -2.02. The van der Waals surface area contributed by atoms with Crippen LogP contribution < -0.4 is 0 Å². The van der Waals surface area contributed by atoms with Crippen molar-refractivity contribution < 1.29 is 0 Å². The van der Waals surface area contributed by atoms with Crippen molar-refractivity contribution in [1.29, 1.82) is 0 Å². The third-order valence-corrected chi connectivity index (χ3v) is 1.67. The summed E-state index contributed by atoms with van der Waals surface area (Å²) < 4.78 is 0. The van der Waals surface area contributed by atoms with Crippen LogP contribution in [0, 0.1) is 5.92 Å². The van der Waals surface area contributed by atoms with E-state index in [-0.39, 0.29) is 0 Å². The maximum Gasteiger partial charge on any atom is 0.115 e. The smallest absolute Gasteiger partial charge is 0.115 e. The second kappa shape index (κ2) is 5.70. The fraction of sp³-hybridized carbons (Fsp3) is 0.600. The predicted octanol–water partition coefficient (Wildman–Crippen LogP) is 3.06. The fourth-order valence-corrected chi connectivity index (χ4v) is 0.854. The average molecular weight is 166 g/mol. The largest absolute Gasteiger partial charge is 0.246 e. The van der Waals surface area contributed by atoms with E-state index in [9.17, 15) is 0 Å². The number of hydrogen-bond donors (Lipinski definition) is 0. The van der Waals surface area contributed by atoms with Gasteiger partial charge in [0.25, 0.3) is 0 Å². The van der Waals surface area contributed by atoms with Gasteiger partial charge in [0.2, 0.25) is 0 Å². The zero-order valence-electron chi connectivity index (χ0n) is 8.63. The van der Waals surface area contributed by atoms with Crippen molar-refractivity contribution in [3.05, 3.63) is 11.8 Å². The van der Waals surface area contributed by atoms with E-state index in [2.05, 4.69) is 23.0 Å². The second-order valence-electron chi connectivity index (χ2n) is 2.61. The molecule has 68 valence electrons. The van der Waals surface area contributed by atoms with Crippen molar-refractivity contribution in [2.45, 2.75) is 34.6 Å². The molecular formula is C10H18N2. The molecule has 1 aliphatic rings.